The summed E-state index contributed by atoms with van der Waals surface area (Å²) in [4.78, 5) is 27.0. The standard InChI is InChI=1S/C20H30BNO5/c1-8-22(9-2)17(23)15-12-11-14(13-16(15)18(24)25-10-3)21-26-19(4,5)20(6,7)27-21/h11-13H,8-10H2,1-7H3. The second kappa shape index (κ2) is 8.03. The number of rotatable bonds is 6. The van der Waals surface area contributed by atoms with Gasteiger partial charge in [-0.05, 0) is 66.1 Å². The molecule has 0 aliphatic carbocycles. The van der Waals surface area contributed by atoms with E-state index in [4.69, 9.17) is 14.0 Å². The molecule has 1 fully saturated rings. The van der Waals surface area contributed by atoms with Crippen LogP contribution in [0.3, 0.4) is 0 Å². The maximum atomic E-state index is 12.8. The molecule has 7 heteroatoms. The fourth-order valence-electron chi connectivity index (χ4n) is 2.93. The molecule has 1 amide bonds. The van der Waals surface area contributed by atoms with Crippen molar-refractivity contribution in [2.24, 2.45) is 0 Å². The SMILES string of the molecule is CCOC(=O)c1cc(B2OC(C)(C)C(C)(C)O2)ccc1C(=O)N(CC)CC. The van der Waals surface area contributed by atoms with Crippen LogP contribution in [0.1, 0.15) is 69.2 Å². The Balaban J connectivity index is 2.45. The summed E-state index contributed by atoms with van der Waals surface area (Å²) in [5, 5.41) is 0. The zero-order chi connectivity index (χ0) is 20.4. The van der Waals surface area contributed by atoms with Crippen LogP contribution >= 0.6 is 0 Å². The van der Waals surface area contributed by atoms with Crippen molar-refractivity contribution in [1.29, 1.82) is 0 Å². The summed E-state index contributed by atoms with van der Waals surface area (Å²) < 4.78 is 17.3. The van der Waals surface area contributed by atoms with Crippen LogP contribution in [0.4, 0.5) is 0 Å². The molecule has 0 unspecified atom stereocenters. The fraction of sp³-hybridized carbons (Fsp3) is 0.600. The number of carbonyl (C=O) groups excluding carboxylic acids is 2. The molecule has 1 aliphatic heterocycles. The van der Waals surface area contributed by atoms with Gasteiger partial charge in [-0.3, -0.25) is 4.79 Å². The summed E-state index contributed by atoms with van der Waals surface area (Å²) in [6.07, 6.45) is 0. The van der Waals surface area contributed by atoms with Gasteiger partial charge in [0.25, 0.3) is 5.91 Å². The minimum Gasteiger partial charge on any atom is -0.462 e. The lowest BCUT2D eigenvalue weighted by Gasteiger charge is -2.32. The number of amides is 1. The van der Waals surface area contributed by atoms with E-state index in [0.29, 0.717) is 24.1 Å². The van der Waals surface area contributed by atoms with Crippen LogP contribution in [0.5, 0.6) is 0 Å². The smallest absolute Gasteiger partial charge is 0.462 e. The molecule has 0 aromatic heterocycles. The molecule has 0 bridgehead atoms. The van der Waals surface area contributed by atoms with Crippen LogP contribution in [-0.4, -0.2) is 54.8 Å². The van der Waals surface area contributed by atoms with Crippen LogP contribution in [0.15, 0.2) is 18.2 Å². The highest BCUT2D eigenvalue weighted by Crippen LogP contribution is 2.36. The second-order valence-electron chi connectivity index (χ2n) is 7.59. The molecule has 0 saturated carbocycles. The Hall–Kier alpha value is -1.86. The van der Waals surface area contributed by atoms with Crippen LogP contribution in [0.2, 0.25) is 0 Å². The summed E-state index contributed by atoms with van der Waals surface area (Å²) in [6, 6.07) is 5.09. The molecule has 1 aliphatic rings. The largest absolute Gasteiger partial charge is 0.494 e. The number of hydrogen-bond donors (Lipinski definition) is 0. The molecule has 0 N–H and O–H groups in total. The van der Waals surface area contributed by atoms with Crippen LogP contribution in [0.25, 0.3) is 0 Å². The minimum atomic E-state index is -0.610. The zero-order valence-electron chi connectivity index (χ0n) is 17.4. The summed E-state index contributed by atoms with van der Waals surface area (Å²) >= 11 is 0. The van der Waals surface area contributed by atoms with E-state index < -0.39 is 24.3 Å². The van der Waals surface area contributed by atoms with Crippen LogP contribution in [0, 0.1) is 0 Å². The average Bonchev–Trinajstić information content (AvgIpc) is 2.83. The zero-order valence-corrected chi connectivity index (χ0v) is 17.4. The van der Waals surface area contributed by atoms with E-state index in [2.05, 4.69) is 0 Å². The third kappa shape index (κ3) is 4.19. The normalized spacial score (nSPS) is 17.7. The maximum Gasteiger partial charge on any atom is 0.494 e. The van der Waals surface area contributed by atoms with Gasteiger partial charge in [0.15, 0.2) is 0 Å². The predicted molar refractivity (Wildman–Crippen MR) is 105 cm³/mol. The first-order chi connectivity index (χ1) is 12.6. The van der Waals surface area contributed by atoms with Gasteiger partial charge in [-0.1, -0.05) is 6.07 Å². The van der Waals surface area contributed by atoms with Crippen molar-refractivity contribution in [2.75, 3.05) is 19.7 Å². The molecule has 1 aromatic carbocycles. The topological polar surface area (TPSA) is 65.1 Å². The molecule has 148 valence electrons. The van der Waals surface area contributed by atoms with E-state index in [1.54, 1.807) is 30.0 Å². The fourth-order valence-corrected chi connectivity index (χ4v) is 2.93. The lowest BCUT2D eigenvalue weighted by Crippen LogP contribution is -2.41. The second-order valence-corrected chi connectivity index (χ2v) is 7.59. The number of hydrogen-bond acceptors (Lipinski definition) is 5. The lowest BCUT2D eigenvalue weighted by molar-refractivity contribution is 0.00578. The molecular weight excluding hydrogens is 345 g/mol. The first-order valence-electron chi connectivity index (χ1n) is 9.53. The number of carbonyl (C=O) groups is 2. The quantitative estimate of drug-likeness (QED) is 0.565. The van der Waals surface area contributed by atoms with Gasteiger partial charge in [-0.15, -0.1) is 0 Å². The highest BCUT2D eigenvalue weighted by Gasteiger charge is 2.51. The van der Waals surface area contributed by atoms with E-state index in [0.717, 1.165) is 0 Å². The van der Waals surface area contributed by atoms with Gasteiger partial charge < -0.3 is 18.9 Å². The van der Waals surface area contributed by atoms with Crippen molar-refractivity contribution in [1.82, 2.24) is 4.90 Å². The summed E-state index contributed by atoms with van der Waals surface area (Å²) in [6.45, 7) is 14.8. The lowest BCUT2D eigenvalue weighted by atomic mass is 9.77. The number of ether oxygens (including phenoxy) is 1. The van der Waals surface area contributed by atoms with Crippen molar-refractivity contribution in [3.63, 3.8) is 0 Å². The molecular formula is C20H30BNO5. The first-order valence-corrected chi connectivity index (χ1v) is 9.53. The van der Waals surface area contributed by atoms with Crippen molar-refractivity contribution in [3.05, 3.63) is 29.3 Å². The molecule has 0 atom stereocenters. The van der Waals surface area contributed by atoms with Gasteiger partial charge in [0.05, 0.1) is 28.9 Å². The van der Waals surface area contributed by atoms with E-state index >= 15 is 0 Å². The van der Waals surface area contributed by atoms with Gasteiger partial charge in [-0.2, -0.15) is 0 Å². The highest BCUT2D eigenvalue weighted by molar-refractivity contribution is 6.62. The van der Waals surface area contributed by atoms with Crippen molar-refractivity contribution >= 4 is 24.5 Å². The third-order valence-corrected chi connectivity index (χ3v) is 5.35. The third-order valence-electron chi connectivity index (χ3n) is 5.35. The van der Waals surface area contributed by atoms with E-state index in [1.165, 1.54) is 0 Å². The molecule has 0 radical (unpaired) electrons. The minimum absolute atomic E-state index is 0.191. The van der Waals surface area contributed by atoms with Crippen molar-refractivity contribution in [3.8, 4) is 0 Å². The molecule has 27 heavy (non-hydrogen) atoms. The maximum absolute atomic E-state index is 12.8. The predicted octanol–water partition coefficient (Wildman–Crippen LogP) is 2.64. The molecule has 1 saturated heterocycles. The Morgan fingerprint density at radius 3 is 2.04 bits per heavy atom. The highest BCUT2D eigenvalue weighted by atomic mass is 16.7. The Morgan fingerprint density at radius 2 is 1.56 bits per heavy atom. The van der Waals surface area contributed by atoms with E-state index in [9.17, 15) is 9.59 Å². The number of nitrogens with zero attached hydrogens (tertiary/aromatic N) is 1. The first kappa shape index (κ1) is 21.4. The van der Waals surface area contributed by atoms with Gasteiger partial charge in [0, 0.05) is 13.1 Å². The van der Waals surface area contributed by atoms with E-state index in [1.807, 2.05) is 41.5 Å². The van der Waals surface area contributed by atoms with Gasteiger partial charge in [0.2, 0.25) is 0 Å². The van der Waals surface area contributed by atoms with Crippen LogP contribution in [-0.2, 0) is 14.0 Å². The van der Waals surface area contributed by atoms with Crippen molar-refractivity contribution < 1.29 is 23.6 Å². The summed E-state index contributed by atoms with van der Waals surface area (Å²) in [5.74, 6) is -0.713. The molecule has 6 nitrogen and oxygen atoms in total. The summed E-state index contributed by atoms with van der Waals surface area (Å²) in [5.41, 5.74) is 0.278. The van der Waals surface area contributed by atoms with E-state index in [-0.39, 0.29) is 18.1 Å². The monoisotopic (exact) mass is 375 g/mol. The van der Waals surface area contributed by atoms with Crippen LogP contribution < -0.4 is 5.46 Å². The Kier molecular flexibility index (Phi) is 6.37. The summed E-state index contributed by atoms with van der Waals surface area (Å²) in [7, 11) is -0.610. The van der Waals surface area contributed by atoms with Crippen molar-refractivity contribution in [2.45, 2.75) is 59.7 Å². The van der Waals surface area contributed by atoms with Gasteiger partial charge >= 0.3 is 13.1 Å². The Morgan fingerprint density at radius 1 is 1.00 bits per heavy atom. The molecule has 0 spiro atoms. The van der Waals surface area contributed by atoms with Gasteiger partial charge in [-0.25, -0.2) is 4.79 Å². The number of benzene rings is 1. The molecule has 1 heterocycles. The molecule has 2 rings (SSSR count). The van der Waals surface area contributed by atoms with Gasteiger partial charge in [0.1, 0.15) is 0 Å². The number of esters is 1. The molecule has 1 aromatic rings. The Bertz CT molecular complexity index is 696. The average molecular weight is 375 g/mol. The Labute approximate surface area is 162 Å².